The molecule has 1 saturated carbocycles. The van der Waals surface area contributed by atoms with Crippen LogP contribution in [-0.2, 0) is 15.6 Å². The third-order valence-corrected chi connectivity index (χ3v) is 5.63. The first-order valence-corrected chi connectivity index (χ1v) is 8.22. The van der Waals surface area contributed by atoms with Crippen LogP contribution in [-0.4, -0.2) is 33.7 Å². The van der Waals surface area contributed by atoms with Gasteiger partial charge in [0, 0.05) is 16.8 Å². The minimum atomic E-state index is -1.14. The Balaban J connectivity index is 2.71. The number of carbonyl (C=O) groups is 1. The average molecular weight is 274 g/mol. The lowest BCUT2D eigenvalue weighted by molar-refractivity contribution is -0.115. The Morgan fingerprint density at radius 2 is 2.11 bits per heavy atom. The molecule has 0 heterocycles. The molecule has 1 amide bonds. The molecule has 0 aliphatic heterocycles. The lowest BCUT2D eigenvalue weighted by Crippen LogP contribution is -2.48. The van der Waals surface area contributed by atoms with Gasteiger partial charge in [0.25, 0.3) is 0 Å². The number of primary amides is 1. The van der Waals surface area contributed by atoms with Crippen molar-refractivity contribution in [2.24, 2.45) is 17.6 Å². The van der Waals surface area contributed by atoms with E-state index in [9.17, 15) is 9.00 Å². The van der Waals surface area contributed by atoms with E-state index in [1.165, 1.54) is 6.42 Å². The van der Waals surface area contributed by atoms with E-state index in [-0.39, 0.29) is 17.0 Å². The fourth-order valence-corrected chi connectivity index (χ4v) is 4.35. The summed E-state index contributed by atoms with van der Waals surface area (Å²) in [7, 11) is -1.14. The molecule has 0 aromatic carbocycles. The molecule has 0 saturated heterocycles. The Hall–Kier alpha value is -0.420. The minimum Gasteiger partial charge on any atom is -0.369 e. The molecule has 4 atom stereocenters. The van der Waals surface area contributed by atoms with Crippen molar-refractivity contribution in [1.29, 1.82) is 0 Å². The van der Waals surface area contributed by atoms with Crippen molar-refractivity contribution >= 4 is 16.7 Å². The summed E-state index contributed by atoms with van der Waals surface area (Å²) in [4.78, 5) is 10.9. The molecule has 0 aromatic heterocycles. The second kappa shape index (κ2) is 7.24. The van der Waals surface area contributed by atoms with E-state index in [4.69, 9.17) is 5.73 Å². The van der Waals surface area contributed by atoms with Crippen molar-refractivity contribution in [1.82, 2.24) is 5.32 Å². The molecule has 5 heteroatoms. The van der Waals surface area contributed by atoms with Crippen LogP contribution in [0.15, 0.2) is 0 Å². The summed E-state index contributed by atoms with van der Waals surface area (Å²) in [5, 5.41) is 3.47. The summed E-state index contributed by atoms with van der Waals surface area (Å²) >= 11 is 0. The van der Waals surface area contributed by atoms with Crippen LogP contribution >= 0.6 is 0 Å². The van der Waals surface area contributed by atoms with Gasteiger partial charge in [0.15, 0.2) is 0 Å². The SMILES string of the molecule is CCNC1CCC(C(C)C)CC1S(=O)CC(N)=O. The van der Waals surface area contributed by atoms with Crippen LogP contribution in [0.1, 0.15) is 40.0 Å². The summed E-state index contributed by atoms with van der Waals surface area (Å²) in [5.74, 6) is 0.759. The topological polar surface area (TPSA) is 72.2 Å². The third kappa shape index (κ3) is 4.35. The van der Waals surface area contributed by atoms with Crippen LogP contribution in [0.5, 0.6) is 0 Å². The number of rotatable bonds is 6. The smallest absolute Gasteiger partial charge is 0.230 e. The Morgan fingerprint density at radius 3 is 2.61 bits per heavy atom. The molecule has 4 nitrogen and oxygen atoms in total. The summed E-state index contributed by atoms with van der Waals surface area (Å²) in [5.41, 5.74) is 5.16. The quantitative estimate of drug-likeness (QED) is 0.759. The molecule has 4 unspecified atom stereocenters. The lowest BCUT2D eigenvalue weighted by Gasteiger charge is -2.37. The van der Waals surface area contributed by atoms with E-state index in [1.54, 1.807) is 0 Å². The second-order valence-electron chi connectivity index (χ2n) is 5.51. The molecule has 0 aromatic rings. The van der Waals surface area contributed by atoms with Crippen molar-refractivity contribution in [3.8, 4) is 0 Å². The predicted octanol–water partition coefficient (Wildman–Crippen LogP) is 1.02. The fourth-order valence-electron chi connectivity index (χ4n) is 2.80. The molecule has 0 bridgehead atoms. The van der Waals surface area contributed by atoms with Crippen LogP contribution in [0.25, 0.3) is 0 Å². The zero-order valence-electron chi connectivity index (χ0n) is 11.6. The van der Waals surface area contributed by atoms with Gasteiger partial charge in [-0.25, -0.2) is 0 Å². The van der Waals surface area contributed by atoms with Crippen LogP contribution in [0.3, 0.4) is 0 Å². The lowest BCUT2D eigenvalue weighted by atomic mass is 9.79. The molecule has 106 valence electrons. The summed E-state index contributed by atoms with van der Waals surface area (Å²) in [6.45, 7) is 7.36. The average Bonchev–Trinajstić information content (AvgIpc) is 2.28. The van der Waals surface area contributed by atoms with E-state index < -0.39 is 16.7 Å². The zero-order valence-corrected chi connectivity index (χ0v) is 12.5. The highest BCUT2D eigenvalue weighted by atomic mass is 32.2. The van der Waals surface area contributed by atoms with Crippen molar-refractivity contribution in [2.75, 3.05) is 12.3 Å². The monoisotopic (exact) mass is 274 g/mol. The van der Waals surface area contributed by atoms with Crippen molar-refractivity contribution in [3.05, 3.63) is 0 Å². The predicted molar refractivity (Wildman–Crippen MR) is 75.6 cm³/mol. The Morgan fingerprint density at radius 1 is 1.44 bits per heavy atom. The van der Waals surface area contributed by atoms with Crippen LogP contribution < -0.4 is 11.1 Å². The number of nitrogens with one attached hydrogen (secondary N) is 1. The minimum absolute atomic E-state index is 0.00260. The standard InChI is InChI=1S/C13H26N2O2S/c1-4-15-11-6-5-10(9(2)3)7-12(11)18(17)8-13(14)16/h9-12,15H,4-8H2,1-3H3,(H2,14,16). The maximum atomic E-state index is 12.2. The maximum absolute atomic E-state index is 12.2. The van der Waals surface area contributed by atoms with Gasteiger partial charge in [0.2, 0.25) is 5.91 Å². The molecule has 0 radical (unpaired) electrons. The highest BCUT2D eigenvalue weighted by Crippen LogP contribution is 2.32. The van der Waals surface area contributed by atoms with Gasteiger partial charge in [-0.2, -0.15) is 0 Å². The summed E-state index contributed by atoms with van der Waals surface area (Å²) in [6.07, 6.45) is 3.17. The van der Waals surface area contributed by atoms with Gasteiger partial charge in [-0.1, -0.05) is 20.8 Å². The van der Waals surface area contributed by atoms with Crippen molar-refractivity contribution in [2.45, 2.75) is 51.3 Å². The van der Waals surface area contributed by atoms with Gasteiger partial charge in [0.05, 0.1) is 5.25 Å². The molecule has 3 N–H and O–H groups in total. The molecule has 1 aliphatic rings. The van der Waals surface area contributed by atoms with Gasteiger partial charge in [-0.05, 0) is 37.6 Å². The Kier molecular flexibility index (Phi) is 6.29. The van der Waals surface area contributed by atoms with Crippen LogP contribution in [0, 0.1) is 11.8 Å². The van der Waals surface area contributed by atoms with Crippen molar-refractivity contribution < 1.29 is 9.00 Å². The first-order chi connectivity index (χ1) is 8.45. The number of nitrogens with two attached hydrogens (primary N) is 1. The maximum Gasteiger partial charge on any atom is 0.230 e. The molecule has 1 fully saturated rings. The van der Waals surface area contributed by atoms with Crippen molar-refractivity contribution in [3.63, 3.8) is 0 Å². The number of hydrogen-bond acceptors (Lipinski definition) is 3. The second-order valence-corrected chi connectivity index (χ2v) is 7.17. The largest absolute Gasteiger partial charge is 0.369 e. The first-order valence-electron chi connectivity index (χ1n) is 6.84. The van der Waals surface area contributed by atoms with Crippen LogP contribution in [0.2, 0.25) is 0 Å². The van der Waals surface area contributed by atoms with Gasteiger partial charge < -0.3 is 11.1 Å². The molecular weight excluding hydrogens is 248 g/mol. The summed E-state index contributed by atoms with van der Waals surface area (Å²) in [6, 6.07) is 0.269. The number of carbonyl (C=O) groups excluding carboxylic acids is 1. The highest BCUT2D eigenvalue weighted by molar-refractivity contribution is 7.86. The van der Waals surface area contributed by atoms with Gasteiger partial charge >= 0.3 is 0 Å². The highest BCUT2D eigenvalue weighted by Gasteiger charge is 2.35. The van der Waals surface area contributed by atoms with E-state index in [2.05, 4.69) is 26.1 Å². The molecule has 0 spiro atoms. The Labute approximate surface area is 113 Å². The van der Waals surface area contributed by atoms with E-state index in [0.29, 0.717) is 11.8 Å². The first kappa shape index (κ1) is 15.6. The normalized spacial score (nSPS) is 30.3. The number of hydrogen-bond donors (Lipinski definition) is 2. The molecule has 18 heavy (non-hydrogen) atoms. The molecule has 1 aliphatic carbocycles. The molecule has 1 rings (SSSR count). The van der Waals surface area contributed by atoms with Gasteiger partial charge in [-0.3, -0.25) is 9.00 Å². The Bertz CT molecular complexity index is 307. The third-order valence-electron chi connectivity index (χ3n) is 3.86. The number of amides is 1. The van der Waals surface area contributed by atoms with Gasteiger partial charge in [-0.15, -0.1) is 0 Å². The van der Waals surface area contributed by atoms with E-state index >= 15 is 0 Å². The van der Waals surface area contributed by atoms with Gasteiger partial charge in [0.1, 0.15) is 5.75 Å². The zero-order chi connectivity index (χ0) is 13.7. The molecular formula is C13H26N2O2S. The van der Waals surface area contributed by atoms with E-state index in [1.807, 2.05) is 0 Å². The summed E-state index contributed by atoms with van der Waals surface area (Å²) < 4.78 is 12.2. The van der Waals surface area contributed by atoms with E-state index in [0.717, 1.165) is 19.4 Å². The van der Waals surface area contributed by atoms with Crippen LogP contribution in [0.4, 0.5) is 0 Å². The fraction of sp³-hybridized carbons (Fsp3) is 0.923.